The average Bonchev–Trinajstić information content (AvgIpc) is 3.22. The number of rotatable bonds is 14. The minimum atomic E-state index is -1.20. The number of amides is 3. The molecule has 0 saturated carbocycles. The largest absolute Gasteiger partial charge is 0.388 e. The fourth-order valence-corrected chi connectivity index (χ4v) is 8.48. The predicted molar refractivity (Wildman–Crippen MR) is 231 cm³/mol. The molecule has 1 atom stereocenters. The van der Waals surface area contributed by atoms with E-state index in [0.717, 1.165) is 41.7 Å². The van der Waals surface area contributed by atoms with Gasteiger partial charge in [-0.1, -0.05) is 48.0 Å². The molecule has 14 heteroatoms. The number of pyridine rings is 1. The molecule has 7 rings (SSSR count). The third kappa shape index (κ3) is 10.2. The van der Waals surface area contributed by atoms with Gasteiger partial charge >= 0.3 is 0 Å². The highest BCUT2D eigenvalue weighted by Crippen LogP contribution is 2.32. The lowest BCUT2D eigenvalue weighted by molar-refractivity contribution is -0.140. The Kier molecular flexibility index (Phi) is 13.1. The molecule has 310 valence electrons. The number of benzene rings is 3. The number of carbonyl (C=O) groups is 3. The van der Waals surface area contributed by atoms with Gasteiger partial charge in [-0.05, 0) is 101 Å². The van der Waals surface area contributed by atoms with E-state index in [-0.39, 0.29) is 35.7 Å². The molecule has 4 heterocycles. The van der Waals surface area contributed by atoms with Gasteiger partial charge in [0.15, 0.2) is 0 Å². The molecule has 0 bridgehead atoms. The van der Waals surface area contributed by atoms with Crippen LogP contribution in [0.25, 0.3) is 21.8 Å². The zero-order valence-corrected chi connectivity index (χ0v) is 34.8. The summed E-state index contributed by atoms with van der Waals surface area (Å²) in [6.07, 6.45) is 4.98. The van der Waals surface area contributed by atoms with Crippen LogP contribution in [-0.2, 0) is 35.5 Å². The zero-order chi connectivity index (χ0) is 41.7. The van der Waals surface area contributed by atoms with E-state index in [0.29, 0.717) is 97.4 Å². The van der Waals surface area contributed by atoms with Gasteiger partial charge in [0.25, 0.3) is 11.5 Å². The third-order valence-corrected chi connectivity index (χ3v) is 12.0. The Bertz CT molecular complexity index is 2400. The summed E-state index contributed by atoms with van der Waals surface area (Å²) in [5, 5.41) is 19.5. The van der Waals surface area contributed by atoms with Gasteiger partial charge in [0.2, 0.25) is 11.8 Å². The number of carbonyl (C=O) groups excluding carboxylic acids is 3. The summed E-state index contributed by atoms with van der Waals surface area (Å²) in [7, 11) is 5.87. The van der Waals surface area contributed by atoms with Gasteiger partial charge in [0.1, 0.15) is 0 Å². The first-order valence-corrected chi connectivity index (χ1v) is 20.8. The van der Waals surface area contributed by atoms with E-state index in [4.69, 9.17) is 16.6 Å². The molecule has 1 unspecified atom stereocenters. The minimum absolute atomic E-state index is 0.0165. The van der Waals surface area contributed by atoms with Crippen LogP contribution in [0, 0.1) is 5.92 Å². The van der Waals surface area contributed by atoms with Gasteiger partial charge in [0.05, 0.1) is 45.6 Å². The van der Waals surface area contributed by atoms with E-state index in [9.17, 15) is 24.3 Å². The lowest BCUT2D eigenvalue weighted by Crippen LogP contribution is -2.51. The summed E-state index contributed by atoms with van der Waals surface area (Å²) in [6, 6.07) is 20.4. The zero-order valence-electron chi connectivity index (χ0n) is 34.0. The van der Waals surface area contributed by atoms with Crippen molar-refractivity contribution in [3.63, 3.8) is 0 Å². The number of likely N-dealkylation sites (N-methyl/N-ethyl adjacent to an activating group) is 1. The van der Waals surface area contributed by atoms with E-state index >= 15 is 0 Å². The summed E-state index contributed by atoms with van der Waals surface area (Å²) < 4.78 is 1.43. The minimum Gasteiger partial charge on any atom is -0.388 e. The fraction of sp³-hybridized carbons (Fsp3) is 0.422. The van der Waals surface area contributed by atoms with Gasteiger partial charge in [-0.25, -0.2) is 4.98 Å². The van der Waals surface area contributed by atoms with E-state index in [1.54, 1.807) is 30.3 Å². The van der Waals surface area contributed by atoms with Gasteiger partial charge < -0.3 is 30.4 Å². The topological polar surface area (TPSA) is 153 Å². The second-order valence-corrected chi connectivity index (χ2v) is 16.8. The first kappa shape index (κ1) is 41.9. The number of aromatic nitrogens is 3. The number of likely N-dealkylation sites (tertiary alicyclic amines) is 1. The molecular weight excluding hydrogens is 768 g/mol. The van der Waals surface area contributed by atoms with Crippen molar-refractivity contribution < 1.29 is 19.5 Å². The van der Waals surface area contributed by atoms with Crippen LogP contribution in [0.15, 0.2) is 77.9 Å². The summed E-state index contributed by atoms with van der Waals surface area (Å²) >= 11 is 6.78. The number of hydrogen-bond donors (Lipinski definition) is 3. The lowest BCUT2D eigenvalue weighted by Gasteiger charge is -2.39. The second-order valence-electron chi connectivity index (χ2n) is 16.4. The molecule has 2 aliphatic heterocycles. The molecule has 0 spiro atoms. The summed E-state index contributed by atoms with van der Waals surface area (Å²) in [4.78, 5) is 68.5. The molecule has 3 amide bonds. The quantitative estimate of drug-likeness (QED) is 0.133. The van der Waals surface area contributed by atoms with E-state index in [1.807, 2.05) is 60.3 Å². The van der Waals surface area contributed by atoms with E-state index in [2.05, 4.69) is 27.6 Å². The smallest absolute Gasteiger partial charge is 0.261 e. The first-order chi connectivity index (χ1) is 28.4. The van der Waals surface area contributed by atoms with Gasteiger partial charge in [-0.2, -0.15) is 0 Å². The summed E-state index contributed by atoms with van der Waals surface area (Å²) in [5.41, 5.74) is 3.84. The van der Waals surface area contributed by atoms with Crippen LogP contribution in [0.3, 0.4) is 0 Å². The molecule has 0 radical (unpaired) electrons. The highest BCUT2D eigenvalue weighted by molar-refractivity contribution is 6.36. The Hall–Kier alpha value is -5.21. The highest BCUT2D eigenvalue weighted by Gasteiger charge is 2.36. The number of nitrogens with one attached hydrogen (secondary N) is 2. The second kappa shape index (κ2) is 18.4. The molecule has 2 aliphatic rings. The lowest BCUT2D eigenvalue weighted by atomic mass is 9.88. The van der Waals surface area contributed by atoms with Crippen LogP contribution in [-0.4, -0.2) is 112 Å². The monoisotopic (exact) mass is 820 g/mol. The maximum absolute atomic E-state index is 14.1. The van der Waals surface area contributed by atoms with Crippen molar-refractivity contribution in [2.45, 2.75) is 63.6 Å². The molecule has 3 aromatic carbocycles. The number of aliphatic hydroxyl groups is 1. The molecule has 59 heavy (non-hydrogen) atoms. The third-order valence-electron chi connectivity index (χ3n) is 11.6. The first-order valence-electron chi connectivity index (χ1n) is 20.4. The predicted octanol–water partition coefficient (Wildman–Crippen LogP) is 4.90. The summed E-state index contributed by atoms with van der Waals surface area (Å²) in [5.74, 6) is -0.623. The fourth-order valence-electron chi connectivity index (χ4n) is 8.11. The number of fused-ring (bicyclic) bond motifs is 3. The van der Waals surface area contributed by atoms with Crippen LogP contribution >= 0.6 is 11.6 Å². The van der Waals surface area contributed by atoms with Crippen LogP contribution in [0.4, 0.5) is 5.69 Å². The van der Waals surface area contributed by atoms with Crippen molar-refractivity contribution in [3.8, 4) is 0 Å². The normalized spacial score (nSPS) is 15.9. The molecule has 5 aromatic rings. The maximum Gasteiger partial charge on any atom is 0.261 e. The van der Waals surface area contributed by atoms with Crippen LogP contribution < -0.4 is 16.2 Å². The molecule has 1 fully saturated rings. The molecule has 13 nitrogen and oxygen atoms in total. The number of piperidine rings is 1. The SMILES string of the molecule is CN(C)CCC(=O)Nc1ccc2c(=O)n(CC3(O)CCN(C(=O)C(CCCNC(=O)c4ccc5c(Cl)c6c(nc5c4)CN(C)CC6)Cc4ccccc4)CC3)cnc2c1. The Balaban J connectivity index is 0.948. The Morgan fingerprint density at radius 2 is 1.75 bits per heavy atom. The van der Waals surface area contributed by atoms with E-state index in [1.165, 1.54) is 10.9 Å². The van der Waals surface area contributed by atoms with Crippen LogP contribution in [0.2, 0.25) is 5.02 Å². The van der Waals surface area contributed by atoms with Crippen molar-refractivity contribution in [1.82, 2.24) is 34.6 Å². The van der Waals surface area contributed by atoms with Gasteiger partial charge in [0, 0.05) is 68.2 Å². The van der Waals surface area contributed by atoms with Gasteiger partial charge in [-0.15, -0.1) is 0 Å². The average molecular weight is 821 g/mol. The molecular formula is C45H53ClN8O5. The summed E-state index contributed by atoms with van der Waals surface area (Å²) in [6.45, 7) is 3.42. The highest BCUT2D eigenvalue weighted by atomic mass is 35.5. The number of nitrogens with zero attached hydrogens (tertiary/aromatic N) is 6. The van der Waals surface area contributed by atoms with E-state index < -0.39 is 5.60 Å². The van der Waals surface area contributed by atoms with Crippen molar-refractivity contribution in [2.75, 3.05) is 59.2 Å². The number of hydrogen-bond acceptors (Lipinski definition) is 9. The van der Waals surface area contributed by atoms with Crippen molar-refractivity contribution >= 4 is 56.8 Å². The molecule has 2 aromatic heterocycles. The maximum atomic E-state index is 14.1. The molecule has 1 saturated heterocycles. The Labute approximate surface area is 349 Å². The van der Waals surface area contributed by atoms with Crippen molar-refractivity contribution in [2.24, 2.45) is 5.92 Å². The van der Waals surface area contributed by atoms with Gasteiger partial charge in [-0.3, -0.25) is 28.7 Å². The Morgan fingerprint density at radius 1 is 0.983 bits per heavy atom. The van der Waals surface area contributed by atoms with Crippen LogP contribution in [0.5, 0.6) is 0 Å². The number of anilines is 1. The van der Waals surface area contributed by atoms with Crippen LogP contribution in [0.1, 0.15) is 59.3 Å². The standard InChI is InChI=1S/C45H53ClN8O5/c1-51(2)20-16-40(55)49-33-12-14-36-37(26-33)48-29-54(44(36)58)28-45(59)17-22-53(23-18-45)43(57)32(24-30-8-5-4-6-9-30)10-7-19-47-42(56)31-11-13-34-38(25-31)50-39-27-52(3)21-15-35(39)41(34)46/h4-6,8-9,11-14,25-26,29,32,59H,7,10,15-24,27-28H2,1-3H3,(H,47,56)(H,49,55). The van der Waals surface area contributed by atoms with Crippen molar-refractivity contribution in [3.05, 3.63) is 111 Å². The molecule has 0 aliphatic carbocycles. The van der Waals surface area contributed by atoms with Crippen molar-refractivity contribution in [1.29, 1.82) is 0 Å². The Morgan fingerprint density at radius 3 is 2.51 bits per heavy atom. The number of halogens is 1. The molecule has 3 N–H and O–H groups in total.